The summed E-state index contributed by atoms with van der Waals surface area (Å²) < 4.78 is 0. The monoisotopic (exact) mass is 332 g/mol. The van der Waals surface area contributed by atoms with Crippen LogP contribution < -0.4 is 0 Å². The molecule has 2 nitrogen and oxygen atoms in total. The van der Waals surface area contributed by atoms with E-state index in [1.54, 1.807) is 0 Å². The Kier molecular flexibility index (Phi) is 1.61. The number of hydrogen-bond donors (Lipinski definition) is 0. The van der Waals surface area contributed by atoms with Gasteiger partial charge in [-0.2, -0.15) is 0 Å². The van der Waals surface area contributed by atoms with Crippen LogP contribution in [0.2, 0.25) is 0 Å². The third-order valence-corrected chi connectivity index (χ3v) is 7.29. The molecular weight excluding hydrogens is 324 g/mol. The average molecular weight is 334 g/mol. The molecule has 0 N–H and O–H groups in total. The Morgan fingerprint density at radius 3 is 1.67 bits per heavy atom. The highest BCUT2D eigenvalue weighted by molar-refractivity contribution is 9.10. The van der Waals surface area contributed by atoms with Crippen molar-refractivity contribution in [1.82, 2.24) is 0 Å². The van der Waals surface area contributed by atoms with Crippen molar-refractivity contribution in [2.75, 3.05) is 0 Å². The molecule has 4 saturated carbocycles. The fourth-order valence-electron chi connectivity index (χ4n) is 4.85. The van der Waals surface area contributed by atoms with Crippen LogP contribution in [0.5, 0.6) is 0 Å². The number of carbonyl (C=O) groups is 2. The minimum absolute atomic E-state index is 0.0284. The van der Waals surface area contributed by atoms with E-state index in [0.29, 0.717) is 35.2 Å². The lowest BCUT2D eigenvalue weighted by molar-refractivity contribution is -0.128. The summed E-state index contributed by atoms with van der Waals surface area (Å²) in [7, 11) is 0. The molecule has 0 aromatic heterocycles. The van der Waals surface area contributed by atoms with Crippen molar-refractivity contribution in [2.45, 2.75) is 16.1 Å². The number of alkyl halides is 2. The molecule has 0 aromatic carbocycles. The number of hydrogen-bond acceptors (Lipinski definition) is 2. The standard InChI is InChI=1S/C11H10Br2O2/c12-8-4-2-1-3-5(4)9(13)11(15)7(3)6(2)10(8)14/h2-9H,1H2/t2-,3+,4-,5-,6+,7-,8-,9+/m1/s1. The molecule has 0 unspecified atom stereocenters. The van der Waals surface area contributed by atoms with E-state index in [9.17, 15) is 9.59 Å². The molecule has 0 heterocycles. The molecule has 8 atom stereocenters. The van der Waals surface area contributed by atoms with Crippen LogP contribution in [0.15, 0.2) is 0 Å². The molecule has 4 rings (SSSR count). The molecule has 4 fully saturated rings. The third kappa shape index (κ3) is 0.791. The summed E-state index contributed by atoms with van der Waals surface area (Å²) in [5.41, 5.74) is 0. The molecule has 0 spiro atoms. The van der Waals surface area contributed by atoms with Gasteiger partial charge in [-0.25, -0.2) is 0 Å². The average Bonchev–Trinajstić information content (AvgIpc) is 2.85. The zero-order valence-electron chi connectivity index (χ0n) is 7.90. The fraction of sp³-hybridized carbons (Fsp3) is 0.818. The summed E-state index contributed by atoms with van der Waals surface area (Å²) in [4.78, 5) is 24.2. The van der Waals surface area contributed by atoms with E-state index < -0.39 is 0 Å². The third-order valence-electron chi connectivity index (χ3n) is 5.16. The topological polar surface area (TPSA) is 34.1 Å². The maximum Gasteiger partial charge on any atom is 0.150 e. The van der Waals surface area contributed by atoms with Crippen LogP contribution in [0.1, 0.15) is 6.42 Å². The quantitative estimate of drug-likeness (QED) is 0.633. The second-order valence-electron chi connectivity index (χ2n) is 5.38. The van der Waals surface area contributed by atoms with E-state index in [2.05, 4.69) is 31.9 Å². The largest absolute Gasteiger partial charge is 0.298 e. The van der Waals surface area contributed by atoms with E-state index >= 15 is 0 Å². The van der Waals surface area contributed by atoms with E-state index in [4.69, 9.17) is 0 Å². The summed E-state index contributed by atoms with van der Waals surface area (Å²) >= 11 is 7.09. The van der Waals surface area contributed by atoms with Gasteiger partial charge in [-0.05, 0) is 30.1 Å². The van der Waals surface area contributed by atoms with E-state index in [1.807, 2.05) is 0 Å². The second kappa shape index (κ2) is 2.58. The van der Waals surface area contributed by atoms with Crippen LogP contribution in [-0.2, 0) is 9.59 Å². The van der Waals surface area contributed by atoms with Crippen molar-refractivity contribution < 1.29 is 9.59 Å². The number of ketones is 2. The minimum atomic E-state index is 0.0284. The van der Waals surface area contributed by atoms with Crippen LogP contribution in [0.4, 0.5) is 0 Å². The van der Waals surface area contributed by atoms with Crippen LogP contribution in [0.3, 0.4) is 0 Å². The van der Waals surface area contributed by atoms with Crippen LogP contribution in [0, 0.1) is 35.5 Å². The molecule has 80 valence electrons. The predicted molar refractivity (Wildman–Crippen MR) is 61.0 cm³/mol. The molecule has 0 aromatic rings. The van der Waals surface area contributed by atoms with Gasteiger partial charge >= 0.3 is 0 Å². The molecule has 0 saturated heterocycles. The van der Waals surface area contributed by atoms with Crippen molar-refractivity contribution in [3.8, 4) is 0 Å². The first-order valence-electron chi connectivity index (χ1n) is 5.48. The summed E-state index contributed by atoms with van der Waals surface area (Å²) in [5, 5.41) is 0. The molecule has 4 heteroatoms. The Bertz CT molecular complexity index is 358. The van der Waals surface area contributed by atoms with Gasteiger partial charge in [0.25, 0.3) is 0 Å². The molecule has 0 aliphatic heterocycles. The van der Waals surface area contributed by atoms with Crippen LogP contribution >= 0.6 is 31.9 Å². The van der Waals surface area contributed by atoms with Gasteiger partial charge in [-0.1, -0.05) is 31.9 Å². The van der Waals surface area contributed by atoms with E-state index in [0.717, 1.165) is 6.42 Å². The van der Waals surface area contributed by atoms with Gasteiger partial charge < -0.3 is 0 Å². The molecule has 4 aliphatic carbocycles. The molecule has 4 aliphatic rings. The molecule has 0 amide bonds. The van der Waals surface area contributed by atoms with Crippen molar-refractivity contribution in [3.05, 3.63) is 0 Å². The summed E-state index contributed by atoms with van der Waals surface area (Å²) in [6, 6.07) is 0. The summed E-state index contributed by atoms with van der Waals surface area (Å²) in [5.74, 6) is 2.63. The molecule has 15 heavy (non-hydrogen) atoms. The number of fused-ring (bicyclic) bond motifs is 2. The van der Waals surface area contributed by atoms with Crippen molar-refractivity contribution in [1.29, 1.82) is 0 Å². The van der Waals surface area contributed by atoms with Gasteiger partial charge in [0, 0.05) is 11.8 Å². The Balaban J connectivity index is 1.93. The van der Waals surface area contributed by atoms with Gasteiger partial charge in [0.15, 0.2) is 11.6 Å². The zero-order valence-corrected chi connectivity index (χ0v) is 11.1. The first kappa shape index (κ1) is 9.34. The Morgan fingerprint density at radius 1 is 0.867 bits per heavy atom. The first-order chi connectivity index (χ1) is 7.13. The fourth-order valence-corrected chi connectivity index (χ4v) is 6.95. The first-order valence-corrected chi connectivity index (χ1v) is 7.31. The van der Waals surface area contributed by atoms with Gasteiger partial charge in [0.1, 0.15) is 0 Å². The SMILES string of the molecule is O=C1[C@@H]2[C@H]3C[C@H]4[C@@H]2C(=O)[C@H](Br)[C@H]4[C@@H]3[C@@H]1Br. The van der Waals surface area contributed by atoms with Crippen LogP contribution in [-0.4, -0.2) is 21.2 Å². The summed E-state index contributed by atoms with van der Waals surface area (Å²) in [6.45, 7) is 0. The normalized spacial score (nSPS) is 64.7. The molecule has 2 bridgehead atoms. The highest BCUT2D eigenvalue weighted by Gasteiger charge is 2.74. The lowest BCUT2D eigenvalue weighted by Crippen LogP contribution is -2.29. The highest BCUT2D eigenvalue weighted by Crippen LogP contribution is 2.70. The zero-order chi connectivity index (χ0) is 10.5. The number of Topliss-reactive ketones (excluding diaryl/α,β-unsaturated/α-hetero) is 2. The van der Waals surface area contributed by atoms with Gasteiger partial charge in [0.05, 0.1) is 9.65 Å². The van der Waals surface area contributed by atoms with Crippen molar-refractivity contribution >= 4 is 43.4 Å². The second-order valence-corrected chi connectivity index (χ2v) is 7.35. The maximum atomic E-state index is 12.1. The lowest BCUT2D eigenvalue weighted by atomic mass is 9.79. The maximum absolute atomic E-state index is 12.1. The smallest absolute Gasteiger partial charge is 0.150 e. The van der Waals surface area contributed by atoms with Crippen molar-refractivity contribution in [2.24, 2.45) is 35.5 Å². The van der Waals surface area contributed by atoms with Crippen molar-refractivity contribution in [3.63, 3.8) is 0 Å². The predicted octanol–water partition coefficient (Wildman–Crippen LogP) is 1.79. The van der Waals surface area contributed by atoms with E-state index in [1.165, 1.54) is 0 Å². The number of halogens is 2. The van der Waals surface area contributed by atoms with Gasteiger partial charge in [-0.15, -0.1) is 0 Å². The molecular formula is C11H10Br2O2. The highest BCUT2D eigenvalue weighted by atomic mass is 79.9. The van der Waals surface area contributed by atoms with Crippen LogP contribution in [0.25, 0.3) is 0 Å². The minimum Gasteiger partial charge on any atom is -0.298 e. The van der Waals surface area contributed by atoms with E-state index in [-0.39, 0.29) is 21.5 Å². The number of rotatable bonds is 0. The Morgan fingerprint density at radius 2 is 1.27 bits per heavy atom. The summed E-state index contributed by atoms with van der Waals surface area (Å²) in [6.07, 6.45) is 1.12. The number of carbonyl (C=O) groups excluding carboxylic acids is 2. The molecule has 0 radical (unpaired) electrons. The Labute approximate surface area is 104 Å². The van der Waals surface area contributed by atoms with Gasteiger partial charge in [-0.3, -0.25) is 9.59 Å². The Hall–Kier alpha value is 0.300. The van der Waals surface area contributed by atoms with Gasteiger partial charge in [0.2, 0.25) is 0 Å². The lowest BCUT2D eigenvalue weighted by Gasteiger charge is -2.25.